The molecule has 1 atom stereocenters. The van der Waals surface area contributed by atoms with Gasteiger partial charge in [0, 0.05) is 17.6 Å². The Morgan fingerprint density at radius 1 is 1.56 bits per heavy atom. The van der Waals surface area contributed by atoms with E-state index in [0.29, 0.717) is 11.8 Å². The van der Waals surface area contributed by atoms with Crippen molar-refractivity contribution in [2.75, 3.05) is 7.05 Å². The maximum absolute atomic E-state index is 5.19. The number of furan rings is 1. The first-order valence-corrected chi connectivity index (χ1v) is 5.46. The molecule has 1 unspecified atom stereocenters. The predicted molar refractivity (Wildman–Crippen MR) is 66.2 cm³/mol. The molecule has 2 heterocycles. The molecule has 3 nitrogen and oxygen atoms in total. The highest BCUT2D eigenvalue weighted by atomic mass is 16.3. The van der Waals surface area contributed by atoms with Crippen LogP contribution in [0.5, 0.6) is 0 Å². The maximum Gasteiger partial charge on any atom is 0.225 e. The van der Waals surface area contributed by atoms with Gasteiger partial charge in [0.2, 0.25) is 5.71 Å². The average Bonchev–Trinajstić information content (AvgIpc) is 2.76. The highest BCUT2D eigenvalue weighted by Gasteiger charge is 1.98. The lowest BCUT2D eigenvalue weighted by atomic mass is 10.2. The standard InChI is InChI=1S/C13H16N2O/c1-10(14-2)4-3-5-11-8-12-6-7-16-13(12)15-9-11/h3,5-10,14H,4H2,1-2H3/b5-3+. The molecule has 2 rings (SSSR count). The van der Waals surface area contributed by atoms with Gasteiger partial charge in [0.25, 0.3) is 0 Å². The maximum atomic E-state index is 5.19. The third-order valence-corrected chi connectivity index (χ3v) is 2.62. The van der Waals surface area contributed by atoms with Crippen molar-refractivity contribution in [2.24, 2.45) is 0 Å². The van der Waals surface area contributed by atoms with Crippen molar-refractivity contribution >= 4 is 17.2 Å². The highest BCUT2D eigenvalue weighted by Crippen LogP contribution is 2.15. The summed E-state index contributed by atoms with van der Waals surface area (Å²) in [5, 5.41) is 4.24. The summed E-state index contributed by atoms with van der Waals surface area (Å²) in [6.07, 6.45) is 8.75. The van der Waals surface area contributed by atoms with Crippen molar-refractivity contribution in [2.45, 2.75) is 19.4 Å². The fourth-order valence-corrected chi connectivity index (χ4v) is 1.49. The summed E-state index contributed by atoms with van der Waals surface area (Å²) in [5.41, 5.74) is 1.80. The molecule has 0 aromatic carbocycles. The molecule has 0 radical (unpaired) electrons. The molecule has 2 aromatic heterocycles. The van der Waals surface area contributed by atoms with Crippen LogP contribution < -0.4 is 5.32 Å². The van der Waals surface area contributed by atoms with Gasteiger partial charge in [-0.3, -0.25) is 0 Å². The molecular weight excluding hydrogens is 200 g/mol. The van der Waals surface area contributed by atoms with Crippen LogP contribution in [0.2, 0.25) is 0 Å². The zero-order valence-electron chi connectivity index (χ0n) is 9.60. The van der Waals surface area contributed by atoms with Crippen molar-refractivity contribution in [3.63, 3.8) is 0 Å². The summed E-state index contributed by atoms with van der Waals surface area (Å²) in [4.78, 5) is 4.23. The van der Waals surface area contributed by atoms with Gasteiger partial charge >= 0.3 is 0 Å². The molecule has 2 aromatic rings. The minimum absolute atomic E-state index is 0.502. The molecule has 0 bridgehead atoms. The molecule has 0 aliphatic rings. The molecule has 0 fully saturated rings. The topological polar surface area (TPSA) is 38.1 Å². The van der Waals surface area contributed by atoms with Crippen molar-refractivity contribution in [3.8, 4) is 0 Å². The monoisotopic (exact) mass is 216 g/mol. The molecule has 3 heteroatoms. The SMILES string of the molecule is CNC(C)C/C=C/c1cnc2occc2c1. The minimum Gasteiger partial charge on any atom is -0.446 e. The summed E-state index contributed by atoms with van der Waals surface area (Å²) in [6, 6.07) is 4.50. The number of rotatable bonds is 4. The molecule has 84 valence electrons. The van der Waals surface area contributed by atoms with Gasteiger partial charge in [0.05, 0.1) is 6.26 Å². The number of hydrogen-bond donors (Lipinski definition) is 1. The van der Waals surface area contributed by atoms with E-state index >= 15 is 0 Å². The van der Waals surface area contributed by atoms with Gasteiger partial charge in [-0.2, -0.15) is 0 Å². The number of aromatic nitrogens is 1. The number of pyridine rings is 1. The molecule has 0 aliphatic heterocycles. The van der Waals surface area contributed by atoms with Crippen LogP contribution in [0, 0.1) is 0 Å². The van der Waals surface area contributed by atoms with Crippen molar-refractivity contribution < 1.29 is 4.42 Å². The first-order chi connectivity index (χ1) is 7.79. The van der Waals surface area contributed by atoms with Crippen molar-refractivity contribution in [1.82, 2.24) is 10.3 Å². The average molecular weight is 216 g/mol. The molecule has 0 aliphatic carbocycles. The largest absolute Gasteiger partial charge is 0.446 e. The fourth-order valence-electron chi connectivity index (χ4n) is 1.49. The predicted octanol–water partition coefficient (Wildman–Crippen LogP) is 2.84. The van der Waals surface area contributed by atoms with Gasteiger partial charge in [-0.1, -0.05) is 12.2 Å². The molecule has 0 saturated carbocycles. The van der Waals surface area contributed by atoms with E-state index in [4.69, 9.17) is 4.42 Å². The summed E-state index contributed by atoms with van der Waals surface area (Å²) < 4.78 is 5.19. The number of fused-ring (bicyclic) bond motifs is 1. The van der Waals surface area contributed by atoms with E-state index < -0.39 is 0 Å². The van der Waals surface area contributed by atoms with Crippen LogP contribution in [0.15, 0.2) is 35.1 Å². The first-order valence-electron chi connectivity index (χ1n) is 5.46. The fraction of sp³-hybridized carbons (Fsp3) is 0.308. The van der Waals surface area contributed by atoms with E-state index in [0.717, 1.165) is 17.4 Å². The second-order valence-electron chi connectivity index (χ2n) is 3.91. The lowest BCUT2D eigenvalue weighted by molar-refractivity contribution is 0.603. The van der Waals surface area contributed by atoms with Gasteiger partial charge < -0.3 is 9.73 Å². The third-order valence-electron chi connectivity index (χ3n) is 2.62. The van der Waals surface area contributed by atoms with Crippen molar-refractivity contribution in [1.29, 1.82) is 0 Å². The zero-order valence-corrected chi connectivity index (χ0v) is 9.60. The molecule has 0 saturated heterocycles. The lowest BCUT2D eigenvalue weighted by Crippen LogP contribution is -2.19. The Hall–Kier alpha value is -1.61. The number of nitrogens with zero attached hydrogens (tertiary/aromatic N) is 1. The van der Waals surface area contributed by atoms with Crippen LogP contribution in [0.4, 0.5) is 0 Å². The summed E-state index contributed by atoms with van der Waals surface area (Å²) in [6.45, 7) is 2.15. The van der Waals surface area contributed by atoms with E-state index in [1.54, 1.807) is 6.26 Å². The van der Waals surface area contributed by atoms with Gasteiger partial charge in [-0.05, 0) is 38.1 Å². The summed E-state index contributed by atoms with van der Waals surface area (Å²) in [7, 11) is 1.97. The van der Waals surface area contributed by atoms with Gasteiger partial charge in [0.1, 0.15) is 0 Å². The van der Waals surface area contributed by atoms with Crippen LogP contribution in [0.1, 0.15) is 18.9 Å². The lowest BCUT2D eigenvalue weighted by Gasteiger charge is -2.04. The zero-order chi connectivity index (χ0) is 11.4. The molecule has 0 amide bonds. The van der Waals surface area contributed by atoms with E-state index in [1.165, 1.54) is 0 Å². The Balaban J connectivity index is 2.08. The minimum atomic E-state index is 0.502. The Morgan fingerprint density at radius 3 is 3.25 bits per heavy atom. The quantitative estimate of drug-likeness (QED) is 0.854. The van der Waals surface area contributed by atoms with Gasteiger partial charge in [-0.15, -0.1) is 0 Å². The Labute approximate surface area is 95.2 Å². The van der Waals surface area contributed by atoms with Crippen LogP contribution in [-0.2, 0) is 0 Å². The second kappa shape index (κ2) is 4.94. The van der Waals surface area contributed by atoms with Crippen LogP contribution in [0.3, 0.4) is 0 Å². The van der Waals surface area contributed by atoms with Gasteiger partial charge in [-0.25, -0.2) is 4.98 Å². The van der Waals surface area contributed by atoms with Crippen molar-refractivity contribution in [3.05, 3.63) is 36.2 Å². The Morgan fingerprint density at radius 2 is 2.44 bits per heavy atom. The molecule has 1 N–H and O–H groups in total. The number of nitrogens with one attached hydrogen (secondary N) is 1. The van der Waals surface area contributed by atoms with E-state index in [9.17, 15) is 0 Å². The second-order valence-corrected chi connectivity index (χ2v) is 3.91. The molecular formula is C13H16N2O. The Kier molecular flexibility index (Phi) is 3.37. The smallest absolute Gasteiger partial charge is 0.225 e. The third kappa shape index (κ3) is 2.49. The molecule has 16 heavy (non-hydrogen) atoms. The molecule has 0 spiro atoms. The highest BCUT2D eigenvalue weighted by molar-refractivity contribution is 5.75. The van der Waals surface area contributed by atoms with E-state index in [2.05, 4.69) is 35.4 Å². The summed E-state index contributed by atoms with van der Waals surface area (Å²) >= 11 is 0. The van der Waals surface area contributed by atoms with Crippen LogP contribution in [0.25, 0.3) is 17.2 Å². The number of hydrogen-bond acceptors (Lipinski definition) is 3. The Bertz CT molecular complexity index is 487. The summed E-state index contributed by atoms with van der Waals surface area (Å²) in [5.74, 6) is 0. The van der Waals surface area contributed by atoms with Gasteiger partial charge in [0.15, 0.2) is 0 Å². The first kappa shape index (κ1) is 10.9. The van der Waals surface area contributed by atoms with E-state index in [1.807, 2.05) is 19.3 Å². The van der Waals surface area contributed by atoms with Crippen LogP contribution in [-0.4, -0.2) is 18.1 Å². The van der Waals surface area contributed by atoms with Crippen LogP contribution >= 0.6 is 0 Å². The normalized spacial score (nSPS) is 13.6. The van der Waals surface area contributed by atoms with E-state index in [-0.39, 0.29) is 0 Å².